The van der Waals surface area contributed by atoms with Crippen LogP contribution in [0, 0.1) is 11.8 Å². The monoisotopic (exact) mass is 773 g/mol. The molecule has 15 nitrogen and oxygen atoms in total. The van der Waals surface area contributed by atoms with E-state index < -0.39 is 72.2 Å². The first-order chi connectivity index (χ1) is 25.1. The topological polar surface area (TPSA) is 180 Å². The van der Waals surface area contributed by atoms with Crippen molar-refractivity contribution in [3.8, 4) is 0 Å². The lowest BCUT2D eigenvalue weighted by molar-refractivity contribution is -0.307. The predicted octanol–water partition coefficient (Wildman–Crippen LogP) is 1.88. The lowest BCUT2D eigenvalue weighted by atomic mass is 9.85. The minimum atomic E-state index is -1.55. The smallest absolute Gasteiger partial charge is 0.245 e. The standard InChI is InChI=1S/C39H72N4O11/c1-13-14-18-43-22-30(44)40-32(23(2)3)36(48)42(11)17-15-16-38(7,49)29(54-37-33(45)27(41(9)10)19-24(4)51-37)20-28(25(5)35(43)47)53-31-21-39(8,50-12)34(46)26(6)52-31/h23-29,31-34,37,45-46,49H,13-22H2,1-12H3,(H,40,44)/t24-,25-,26+,27+,28+,29-,31+,32+,33-,34+,37+,38-,39-/m1/s1. The summed E-state index contributed by atoms with van der Waals surface area (Å²) in [5.74, 6) is -2.15. The zero-order valence-corrected chi connectivity index (χ0v) is 34.9. The highest BCUT2D eigenvalue weighted by molar-refractivity contribution is 5.90. The molecule has 3 heterocycles. The number of likely N-dealkylation sites (N-methyl/N-ethyl adjacent to an activating group) is 2. The fourth-order valence-electron chi connectivity index (χ4n) is 7.80. The molecule has 3 aliphatic heterocycles. The molecule has 3 rings (SSSR count). The molecule has 314 valence electrons. The van der Waals surface area contributed by atoms with E-state index in [0.717, 1.165) is 6.42 Å². The number of nitrogens with zero attached hydrogens (tertiary/aromatic N) is 3. The summed E-state index contributed by atoms with van der Waals surface area (Å²) in [5.41, 5.74) is -2.55. The van der Waals surface area contributed by atoms with Gasteiger partial charge >= 0.3 is 0 Å². The molecule has 3 amide bonds. The van der Waals surface area contributed by atoms with E-state index in [1.54, 1.807) is 39.6 Å². The van der Waals surface area contributed by atoms with Crippen molar-refractivity contribution >= 4 is 17.7 Å². The molecule has 0 radical (unpaired) electrons. The van der Waals surface area contributed by atoms with Gasteiger partial charge < -0.3 is 59.0 Å². The third kappa shape index (κ3) is 11.8. The van der Waals surface area contributed by atoms with E-state index in [-0.39, 0.29) is 55.7 Å². The summed E-state index contributed by atoms with van der Waals surface area (Å²) in [7, 11) is 6.94. The number of nitrogens with one attached hydrogen (secondary N) is 1. The summed E-state index contributed by atoms with van der Waals surface area (Å²) in [6, 6.07) is -1.08. The number of carbonyl (C=O) groups is 3. The second-order valence-electron chi connectivity index (χ2n) is 17.0. The van der Waals surface area contributed by atoms with Crippen LogP contribution in [0.3, 0.4) is 0 Å². The van der Waals surface area contributed by atoms with E-state index >= 15 is 0 Å². The maximum Gasteiger partial charge on any atom is 0.245 e. The molecule has 15 heteroatoms. The van der Waals surface area contributed by atoms with Crippen molar-refractivity contribution in [1.29, 1.82) is 0 Å². The van der Waals surface area contributed by atoms with E-state index in [1.807, 2.05) is 46.7 Å². The van der Waals surface area contributed by atoms with Crippen LogP contribution in [0.4, 0.5) is 0 Å². The van der Waals surface area contributed by atoms with E-state index in [1.165, 1.54) is 12.0 Å². The van der Waals surface area contributed by atoms with Crippen LogP contribution >= 0.6 is 0 Å². The number of carbonyl (C=O) groups excluding carboxylic acids is 3. The van der Waals surface area contributed by atoms with Crippen molar-refractivity contribution in [2.24, 2.45) is 11.8 Å². The van der Waals surface area contributed by atoms with Crippen molar-refractivity contribution in [3.05, 3.63) is 0 Å². The summed E-state index contributed by atoms with van der Waals surface area (Å²) >= 11 is 0. The SMILES string of the molecule is CCCCN1CC(=O)N[C@@H](C(C)C)C(=O)N(C)CCC[C@@](C)(O)[C@H](O[C@@H]2O[C@H](C)C[C@H](N(C)C)[C@H]2O)C[C@H](O[C@H]2C[C@@](C)(OC)[C@@H](O)[C@H](C)O2)[C@@H](C)C1=O. The molecule has 0 aromatic carbocycles. The second-order valence-corrected chi connectivity index (χ2v) is 17.0. The van der Waals surface area contributed by atoms with Crippen LogP contribution in [0.5, 0.6) is 0 Å². The second kappa shape index (κ2) is 20.0. The van der Waals surface area contributed by atoms with Crippen LogP contribution in [0.25, 0.3) is 0 Å². The molecular formula is C39H72N4O11. The molecule has 0 aliphatic carbocycles. The van der Waals surface area contributed by atoms with Gasteiger partial charge in [-0.1, -0.05) is 34.1 Å². The molecule has 3 fully saturated rings. The number of ether oxygens (including phenoxy) is 5. The van der Waals surface area contributed by atoms with Gasteiger partial charge in [0.05, 0.1) is 48.1 Å². The Morgan fingerprint density at radius 1 is 1.04 bits per heavy atom. The number of amides is 3. The van der Waals surface area contributed by atoms with Gasteiger partial charge in [-0.15, -0.1) is 0 Å². The zero-order chi connectivity index (χ0) is 40.7. The molecular weight excluding hydrogens is 700 g/mol. The number of aliphatic hydroxyl groups excluding tert-OH is 2. The first-order valence-electron chi connectivity index (χ1n) is 19.9. The first kappa shape index (κ1) is 46.4. The van der Waals surface area contributed by atoms with Gasteiger partial charge in [-0.2, -0.15) is 0 Å². The third-order valence-corrected chi connectivity index (χ3v) is 11.7. The molecule has 0 spiro atoms. The highest BCUT2D eigenvalue weighted by Gasteiger charge is 2.49. The molecule has 0 saturated carbocycles. The Bertz CT molecular complexity index is 1220. The molecule has 13 atom stereocenters. The van der Waals surface area contributed by atoms with Crippen LogP contribution in [-0.4, -0.2) is 168 Å². The summed E-state index contributed by atoms with van der Waals surface area (Å²) < 4.78 is 31.4. The van der Waals surface area contributed by atoms with E-state index in [2.05, 4.69) is 5.32 Å². The Hall–Kier alpha value is -1.95. The Morgan fingerprint density at radius 3 is 2.30 bits per heavy atom. The Morgan fingerprint density at radius 2 is 1.70 bits per heavy atom. The Labute approximate surface area is 323 Å². The lowest BCUT2D eigenvalue weighted by Crippen LogP contribution is -2.59. The van der Waals surface area contributed by atoms with E-state index in [9.17, 15) is 29.7 Å². The number of aliphatic hydroxyl groups is 3. The van der Waals surface area contributed by atoms with Crippen molar-refractivity contribution in [1.82, 2.24) is 20.0 Å². The largest absolute Gasteiger partial charge is 0.387 e. The summed E-state index contributed by atoms with van der Waals surface area (Å²) in [6.45, 7) is 14.8. The van der Waals surface area contributed by atoms with Crippen LogP contribution < -0.4 is 5.32 Å². The summed E-state index contributed by atoms with van der Waals surface area (Å²) in [5, 5.41) is 37.6. The molecule has 0 unspecified atom stereocenters. The minimum Gasteiger partial charge on any atom is -0.387 e. The third-order valence-electron chi connectivity index (χ3n) is 11.7. The lowest BCUT2D eigenvalue weighted by Gasteiger charge is -2.47. The average Bonchev–Trinajstić information content (AvgIpc) is 3.10. The summed E-state index contributed by atoms with van der Waals surface area (Å²) in [6.07, 6.45) is -4.17. The first-order valence-corrected chi connectivity index (χ1v) is 19.9. The van der Waals surface area contributed by atoms with E-state index in [4.69, 9.17) is 23.7 Å². The number of methoxy groups -OCH3 is 1. The van der Waals surface area contributed by atoms with Crippen LogP contribution in [0.15, 0.2) is 0 Å². The van der Waals surface area contributed by atoms with Crippen molar-refractivity contribution < 1.29 is 53.4 Å². The van der Waals surface area contributed by atoms with Gasteiger partial charge in [0, 0.05) is 46.1 Å². The van der Waals surface area contributed by atoms with Crippen LogP contribution in [0.2, 0.25) is 0 Å². The van der Waals surface area contributed by atoms with E-state index in [0.29, 0.717) is 32.4 Å². The van der Waals surface area contributed by atoms with Crippen molar-refractivity contribution in [3.63, 3.8) is 0 Å². The number of unbranched alkanes of at least 4 members (excludes halogenated alkanes) is 1. The molecule has 54 heavy (non-hydrogen) atoms. The quantitative estimate of drug-likeness (QED) is 0.254. The Balaban J connectivity index is 2.13. The Kier molecular flexibility index (Phi) is 17.2. The van der Waals surface area contributed by atoms with Crippen molar-refractivity contribution in [2.75, 3.05) is 47.9 Å². The normalized spacial score (nSPS) is 40.0. The minimum absolute atomic E-state index is 0.0218. The van der Waals surface area contributed by atoms with Gasteiger partial charge in [0.15, 0.2) is 12.6 Å². The van der Waals surface area contributed by atoms with Gasteiger partial charge in [-0.25, -0.2) is 0 Å². The van der Waals surface area contributed by atoms with Gasteiger partial charge in [0.2, 0.25) is 17.7 Å². The molecule has 4 N–H and O–H groups in total. The predicted molar refractivity (Wildman–Crippen MR) is 202 cm³/mol. The van der Waals surface area contributed by atoms with Gasteiger partial charge in [0.25, 0.3) is 0 Å². The van der Waals surface area contributed by atoms with Crippen LogP contribution in [0.1, 0.15) is 100 Å². The van der Waals surface area contributed by atoms with Gasteiger partial charge in [0.1, 0.15) is 18.2 Å². The van der Waals surface area contributed by atoms with Crippen LogP contribution in [-0.2, 0) is 38.1 Å². The van der Waals surface area contributed by atoms with Gasteiger partial charge in [-0.3, -0.25) is 14.4 Å². The maximum absolute atomic E-state index is 14.6. The fraction of sp³-hybridized carbons (Fsp3) is 0.923. The molecule has 0 aromatic heterocycles. The van der Waals surface area contributed by atoms with Gasteiger partial charge in [-0.05, 0) is 73.4 Å². The van der Waals surface area contributed by atoms with Crippen molar-refractivity contribution in [2.45, 2.75) is 173 Å². The molecule has 0 bridgehead atoms. The number of rotatable bonds is 10. The highest BCUT2D eigenvalue weighted by atomic mass is 16.7. The fourth-order valence-corrected chi connectivity index (χ4v) is 7.80. The number of hydrogen-bond acceptors (Lipinski definition) is 12. The summed E-state index contributed by atoms with van der Waals surface area (Å²) in [4.78, 5) is 46.7. The zero-order valence-electron chi connectivity index (χ0n) is 34.9. The molecule has 3 saturated heterocycles. The molecule has 3 aliphatic rings. The highest BCUT2D eigenvalue weighted by Crippen LogP contribution is 2.37. The number of hydrogen-bond donors (Lipinski definition) is 4. The average molecular weight is 773 g/mol. The maximum atomic E-state index is 14.6. The molecule has 0 aromatic rings.